The van der Waals surface area contributed by atoms with Gasteiger partial charge in [-0.05, 0) is 12.8 Å². The Morgan fingerprint density at radius 3 is 1.54 bits per heavy atom. The summed E-state index contributed by atoms with van der Waals surface area (Å²) >= 11 is 0. The molecule has 0 bridgehead atoms. The Kier molecular flexibility index (Phi) is 6.34. The maximum Gasteiger partial charge on any atom is 0.697 e. The van der Waals surface area contributed by atoms with Crippen LogP contribution in [0.5, 0.6) is 0 Å². The SMILES string of the molecule is O=[P+]1OCCCCCCCCCO1. The largest absolute Gasteiger partial charge is 0.697 e. The molecule has 1 rings (SSSR count). The van der Waals surface area contributed by atoms with E-state index >= 15 is 0 Å². The van der Waals surface area contributed by atoms with E-state index < -0.39 is 8.25 Å². The molecule has 0 amide bonds. The Bertz CT molecular complexity index is 136. The summed E-state index contributed by atoms with van der Waals surface area (Å²) in [6.45, 7) is 1.16. The average Bonchev–Trinajstić information content (AvgIpc) is 2.11. The van der Waals surface area contributed by atoms with Crippen LogP contribution in [0.3, 0.4) is 0 Å². The fourth-order valence-corrected chi connectivity index (χ4v) is 2.03. The summed E-state index contributed by atoms with van der Waals surface area (Å²) in [5.74, 6) is 0. The van der Waals surface area contributed by atoms with E-state index in [4.69, 9.17) is 9.05 Å². The van der Waals surface area contributed by atoms with E-state index in [9.17, 15) is 4.57 Å². The molecular formula is C9H18O3P+. The van der Waals surface area contributed by atoms with Gasteiger partial charge in [0.1, 0.15) is 13.2 Å². The van der Waals surface area contributed by atoms with E-state index in [0.717, 1.165) is 12.8 Å². The summed E-state index contributed by atoms with van der Waals surface area (Å²) in [5.41, 5.74) is 0. The van der Waals surface area contributed by atoms with E-state index in [1.54, 1.807) is 0 Å². The first-order valence-corrected chi connectivity index (χ1v) is 6.22. The van der Waals surface area contributed by atoms with Gasteiger partial charge in [-0.15, -0.1) is 9.05 Å². The van der Waals surface area contributed by atoms with Crippen LogP contribution in [0, 0.1) is 0 Å². The van der Waals surface area contributed by atoms with Crippen molar-refractivity contribution in [2.45, 2.75) is 44.9 Å². The molecular weight excluding hydrogens is 187 g/mol. The molecule has 0 aromatic heterocycles. The summed E-state index contributed by atoms with van der Waals surface area (Å²) in [7, 11) is -1.83. The number of hydrogen-bond donors (Lipinski definition) is 0. The standard InChI is InChI=1S/C9H18O3P/c10-13-11-8-6-4-2-1-3-5-7-9-12-13/h1-9H2/q+1. The molecule has 4 heteroatoms. The van der Waals surface area contributed by atoms with Gasteiger partial charge in [0.25, 0.3) is 0 Å². The predicted molar refractivity (Wildman–Crippen MR) is 51.8 cm³/mol. The Labute approximate surface area is 80.8 Å². The van der Waals surface area contributed by atoms with Gasteiger partial charge in [-0.25, -0.2) is 0 Å². The molecule has 0 N–H and O–H groups in total. The van der Waals surface area contributed by atoms with Crippen LogP contribution in [0.4, 0.5) is 0 Å². The van der Waals surface area contributed by atoms with Crippen molar-refractivity contribution >= 4 is 8.25 Å². The van der Waals surface area contributed by atoms with E-state index in [0.29, 0.717) is 13.2 Å². The van der Waals surface area contributed by atoms with Gasteiger partial charge in [0, 0.05) is 4.57 Å². The van der Waals surface area contributed by atoms with Crippen LogP contribution in [-0.2, 0) is 13.6 Å². The third-order valence-corrected chi connectivity index (χ3v) is 2.97. The van der Waals surface area contributed by atoms with Crippen LogP contribution in [0.25, 0.3) is 0 Å². The molecule has 0 radical (unpaired) electrons. The zero-order valence-corrected chi connectivity index (χ0v) is 8.93. The summed E-state index contributed by atoms with van der Waals surface area (Å²) in [4.78, 5) is 0. The van der Waals surface area contributed by atoms with E-state index in [1.807, 2.05) is 0 Å². The highest BCUT2D eigenvalue weighted by Crippen LogP contribution is 2.25. The lowest BCUT2D eigenvalue weighted by Crippen LogP contribution is -1.94. The minimum Gasteiger partial charge on any atom is -0.119 e. The maximum atomic E-state index is 11.0. The lowest BCUT2D eigenvalue weighted by atomic mass is 10.1. The fraction of sp³-hybridized carbons (Fsp3) is 1.00. The molecule has 0 atom stereocenters. The van der Waals surface area contributed by atoms with Crippen LogP contribution in [0.15, 0.2) is 0 Å². The van der Waals surface area contributed by atoms with Gasteiger partial charge >= 0.3 is 8.25 Å². The number of rotatable bonds is 0. The molecule has 76 valence electrons. The van der Waals surface area contributed by atoms with Crippen molar-refractivity contribution in [2.24, 2.45) is 0 Å². The fourth-order valence-electron chi connectivity index (χ4n) is 1.40. The van der Waals surface area contributed by atoms with Crippen LogP contribution in [0.1, 0.15) is 44.9 Å². The second-order valence-electron chi connectivity index (χ2n) is 3.36. The van der Waals surface area contributed by atoms with E-state index in [2.05, 4.69) is 0 Å². The van der Waals surface area contributed by atoms with Crippen LogP contribution < -0.4 is 0 Å². The van der Waals surface area contributed by atoms with Crippen molar-refractivity contribution in [3.63, 3.8) is 0 Å². The van der Waals surface area contributed by atoms with Gasteiger partial charge in [-0.1, -0.05) is 32.1 Å². The molecule has 0 unspecified atom stereocenters. The minimum atomic E-state index is -1.83. The van der Waals surface area contributed by atoms with Crippen LogP contribution in [0.2, 0.25) is 0 Å². The van der Waals surface area contributed by atoms with Crippen molar-refractivity contribution in [2.75, 3.05) is 13.2 Å². The molecule has 1 aliphatic heterocycles. The summed E-state index contributed by atoms with van der Waals surface area (Å²) in [5, 5.41) is 0. The Morgan fingerprint density at radius 2 is 1.08 bits per heavy atom. The number of hydrogen-bond acceptors (Lipinski definition) is 3. The van der Waals surface area contributed by atoms with Gasteiger partial charge < -0.3 is 0 Å². The molecule has 13 heavy (non-hydrogen) atoms. The summed E-state index contributed by atoms with van der Waals surface area (Å²) in [6, 6.07) is 0. The zero-order chi connectivity index (χ0) is 9.36. The summed E-state index contributed by atoms with van der Waals surface area (Å²) < 4.78 is 21.0. The first-order valence-electron chi connectivity index (χ1n) is 5.13. The highest BCUT2D eigenvalue weighted by atomic mass is 31.1. The van der Waals surface area contributed by atoms with E-state index in [1.165, 1.54) is 32.1 Å². The van der Waals surface area contributed by atoms with Crippen molar-refractivity contribution in [1.29, 1.82) is 0 Å². The van der Waals surface area contributed by atoms with Crippen LogP contribution >= 0.6 is 8.25 Å². The molecule has 0 saturated carbocycles. The molecule has 0 aromatic rings. The Balaban J connectivity index is 2.14. The molecule has 1 aliphatic rings. The van der Waals surface area contributed by atoms with Gasteiger partial charge in [0.2, 0.25) is 0 Å². The molecule has 3 nitrogen and oxygen atoms in total. The summed E-state index contributed by atoms with van der Waals surface area (Å²) in [6.07, 6.45) is 8.25. The topological polar surface area (TPSA) is 35.5 Å². The van der Waals surface area contributed by atoms with Crippen molar-refractivity contribution in [3.8, 4) is 0 Å². The van der Waals surface area contributed by atoms with Gasteiger partial charge in [0.05, 0.1) is 0 Å². The monoisotopic (exact) mass is 205 g/mol. The minimum absolute atomic E-state index is 0.579. The molecule has 0 spiro atoms. The molecule has 0 aliphatic carbocycles. The Morgan fingerprint density at radius 1 is 0.692 bits per heavy atom. The van der Waals surface area contributed by atoms with Gasteiger partial charge in [0.15, 0.2) is 0 Å². The Hall–Kier alpha value is 0.0200. The predicted octanol–water partition coefficient (Wildman–Crippen LogP) is 3.42. The molecule has 1 fully saturated rings. The normalized spacial score (nSPS) is 23.2. The third-order valence-electron chi connectivity index (χ3n) is 2.18. The molecule has 0 aromatic carbocycles. The highest BCUT2D eigenvalue weighted by Gasteiger charge is 2.19. The first-order chi connectivity index (χ1) is 6.39. The lowest BCUT2D eigenvalue weighted by Gasteiger charge is -2.01. The van der Waals surface area contributed by atoms with Crippen molar-refractivity contribution in [3.05, 3.63) is 0 Å². The lowest BCUT2D eigenvalue weighted by molar-refractivity contribution is 0.215. The zero-order valence-electron chi connectivity index (χ0n) is 8.04. The van der Waals surface area contributed by atoms with Crippen molar-refractivity contribution in [1.82, 2.24) is 0 Å². The van der Waals surface area contributed by atoms with E-state index in [-0.39, 0.29) is 0 Å². The first kappa shape index (κ1) is 11.1. The second kappa shape index (κ2) is 7.43. The molecule has 1 heterocycles. The van der Waals surface area contributed by atoms with Gasteiger partial charge in [-0.2, -0.15) is 0 Å². The smallest absolute Gasteiger partial charge is 0.119 e. The average molecular weight is 205 g/mol. The van der Waals surface area contributed by atoms with Crippen molar-refractivity contribution < 1.29 is 13.6 Å². The quantitative estimate of drug-likeness (QED) is 0.568. The van der Waals surface area contributed by atoms with Crippen LogP contribution in [-0.4, -0.2) is 13.2 Å². The second-order valence-corrected chi connectivity index (χ2v) is 4.33. The van der Waals surface area contributed by atoms with Gasteiger partial charge in [-0.3, -0.25) is 0 Å². The molecule has 1 saturated heterocycles. The maximum absolute atomic E-state index is 11.0. The third kappa shape index (κ3) is 6.14. The highest BCUT2D eigenvalue weighted by molar-refractivity contribution is 7.33.